The maximum Gasteiger partial charge on any atom is 0.409 e. The Morgan fingerprint density at radius 3 is 2.35 bits per heavy atom. The fraction of sp³-hybridized carbons (Fsp3) is 0.250. The van der Waals surface area contributed by atoms with Crippen LogP contribution in [0.1, 0.15) is 26.3 Å². The van der Waals surface area contributed by atoms with Gasteiger partial charge in [0.15, 0.2) is 0 Å². The molecule has 1 unspecified atom stereocenters. The lowest BCUT2D eigenvalue weighted by atomic mass is 9.85. The average molecular weight is 288 g/mol. The number of hydrogen-bond donors (Lipinski definition) is 1. The van der Waals surface area contributed by atoms with Crippen molar-refractivity contribution in [1.29, 1.82) is 0 Å². The van der Waals surface area contributed by atoms with E-state index in [1.807, 2.05) is 51.1 Å². The average Bonchev–Trinajstić information content (AvgIpc) is 2.36. The van der Waals surface area contributed by atoms with E-state index < -0.39 is 7.60 Å². The smallest absolute Gasteiger partial charge is 0.409 e. The molecule has 0 amide bonds. The van der Waals surface area contributed by atoms with Crippen molar-refractivity contribution < 1.29 is 14.0 Å². The van der Waals surface area contributed by atoms with Crippen molar-refractivity contribution >= 4 is 12.9 Å². The van der Waals surface area contributed by atoms with Crippen LogP contribution >= 0.6 is 7.60 Å². The van der Waals surface area contributed by atoms with Crippen LogP contribution in [0.5, 0.6) is 5.75 Å². The molecule has 0 saturated carbocycles. The first-order valence-electron chi connectivity index (χ1n) is 6.56. The Hall–Kier alpha value is -1.57. The molecule has 0 aliphatic carbocycles. The Morgan fingerprint density at radius 1 is 1.00 bits per heavy atom. The largest absolute Gasteiger partial charge is 0.421 e. The highest BCUT2D eigenvalue weighted by Gasteiger charge is 2.38. The van der Waals surface area contributed by atoms with Gasteiger partial charge in [-0.1, -0.05) is 57.2 Å². The molecule has 20 heavy (non-hydrogen) atoms. The third kappa shape index (κ3) is 1.98. The van der Waals surface area contributed by atoms with Gasteiger partial charge in [-0.15, -0.1) is 0 Å². The third-order valence-corrected chi connectivity index (χ3v) is 5.02. The van der Waals surface area contributed by atoms with Crippen LogP contribution in [-0.4, -0.2) is 4.89 Å². The molecule has 0 saturated heterocycles. The SMILES string of the molecule is CC(C)(C)c1cccc2c1P(=O)(O)Oc1ccccc1-2. The van der Waals surface area contributed by atoms with Crippen LogP contribution in [0.3, 0.4) is 0 Å². The first-order valence-corrected chi connectivity index (χ1v) is 8.14. The molecule has 0 spiro atoms. The second-order valence-electron chi connectivity index (χ2n) is 6.06. The Balaban J connectivity index is 2.40. The van der Waals surface area contributed by atoms with Crippen molar-refractivity contribution in [1.82, 2.24) is 0 Å². The molecule has 0 fully saturated rings. The highest BCUT2D eigenvalue weighted by atomic mass is 31.2. The quantitative estimate of drug-likeness (QED) is 0.749. The summed E-state index contributed by atoms with van der Waals surface area (Å²) in [5.74, 6) is 0.469. The molecule has 3 rings (SSSR count). The first kappa shape index (κ1) is 13.4. The van der Waals surface area contributed by atoms with E-state index in [2.05, 4.69) is 0 Å². The molecule has 4 heteroatoms. The molecule has 1 aliphatic heterocycles. The molecule has 0 aromatic heterocycles. The monoisotopic (exact) mass is 288 g/mol. The molecule has 3 nitrogen and oxygen atoms in total. The van der Waals surface area contributed by atoms with E-state index >= 15 is 0 Å². The normalized spacial score (nSPS) is 20.8. The zero-order chi connectivity index (χ0) is 14.5. The molecule has 2 aromatic carbocycles. The maximum atomic E-state index is 12.6. The summed E-state index contributed by atoms with van der Waals surface area (Å²) in [5.41, 5.74) is 2.30. The Bertz CT molecular complexity index is 729. The number of fused-ring (bicyclic) bond motifs is 3. The van der Waals surface area contributed by atoms with E-state index in [-0.39, 0.29) is 5.41 Å². The third-order valence-electron chi connectivity index (χ3n) is 3.53. The highest BCUT2D eigenvalue weighted by molar-refractivity contribution is 7.62. The molecular weight excluding hydrogens is 271 g/mol. The summed E-state index contributed by atoms with van der Waals surface area (Å²) in [6, 6.07) is 13.1. The van der Waals surface area contributed by atoms with Gasteiger partial charge in [0.2, 0.25) is 0 Å². The molecule has 2 aromatic rings. The molecular formula is C16H17O3P. The Kier molecular flexibility index (Phi) is 2.82. The standard InChI is InChI=1S/C16H17O3P/c1-16(2,3)13-9-6-8-12-11-7-4-5-10-14(11)19-20(17,18)15(12)13/h4-10H,1-3H3,(H,17,18). The molecule has 0 bridgehead atoms. The highest BCUT2D eigenvalue weighted by Crippen LogP contribution is 2.53. The Labute approximate surface area is 118 Å². The lowest BCUT2D eigenvalue weighted by molar-refractivity contribution is 0.391. The van der Waals surface area contributed by atoms with Gasteiger partial charge >= 0.3 is 7.60 Å². The summed E-state index contributed by atoms with van der Waals surface area (Å²) in [4.78, 5) is 10.4. The minimum absolute atomic E-state index is 0.223. The summed E-state index contributed by atoms with van der Waals surface area (Å²) in [5, 5.41) is 0.436. The van der Waals surface area contributed by atoms with Gasteiger partial charge in [0, 0.05) is 11.1 Å². The van der Waals surface area contributed by atoms with Gasteiger partial charge in [-0.25, -0.2) is 4.57 Å². The molecule has 1 N–H and O–H groups in total. The lowest BCUT2D eigenvalue weighted by Gasteiger charge is -2.30. The summed E-state index contributed by atoms with van der Waals surface area (Å²) in [6.07, 6.45) is 0. The van der Waals surface area contributed by atoms with E-state index in [1.54, 1.807) is 12.1 Å². The predicted molar refractivity (Wildman–Crippen MR) is 80.7 cm³/mol. The molecule has 1 aliphatic rings. The molecule has 0 radical (unpaired) electrons. The van der Waals surface area contributed by atoms with Gasteiger partial charge in [-0.3, -0.25) is 0 Å². The van der Waals surface area contributed by atoms with Gasteiger partial charge in [0.1, 0.15) is 5.75 Å². The zero-order valence-electron chi connectivity index (χ0n) is 11.8. The van der Waals surface area contributed by atoms with Crippen LogP contribution < -0.4 is 9.83 Å². The summed E-state index contributed by atoms with van der Waals surface area (Å²) in [6.45, 7) is 6.09. The van der Waals surface area contributed by atoms with Crippen LogP contribution in [0.2, 0.25) is 0 Å². The minimum atomic E-state index is -3.84. The van der Waals surface area contributed by atoms with E-state index in [0.717, 1.165) is 16.7 Å². The fourth-order valence-electron chi connectivity index (χ4n) is 2.62. The second kappa shape index (κ2) is 4.21. The van der Waals surface area contributed by atoms with Crippen LogP contribution in [-0.2, 0) is 9.98 Å². The molecule has 1 atom stereocenters. The summed E-state index contributed by atoms with van der Waals surface area (Å²) >= 11 is 0. The first-order chi connectivity index (χ1) is 9.31. The van der Waals surface area contributed by atoms with Crippen LogP contribution in [0.4, 0.5) is 0 Å². The lowest BCUT2D eigenvalue weighted by Crippen LogP contribution is -2.28. The zero-order valence-corrected chi connectivity index (χ0v) is 12.6. The van der Waals surface area contributed by atoms with E-state index in [1.165, 1.54) is 0 Å². The maximum absolute atomic E-state index is 12.6. The van der Waals surface area contributed by atoms with Crippen molar-refractivity contribution in [2.45, 2.75) is 26.2 Å². The van der Waals surface area contributed by atoms with Crippen LogP contribution in [0.25, 0.3) is 11.1 Å². The second-order valence-corrected chi connectivity index (χ2v) is 7.73. The van der Waals surface area contributed by atoms with Crippen molar-refractivity contribution in [3.05, 3.63) is 48.0 Å². The fourth-order valence-corrected chi connectivity index (χ4v) is 4.35. The van der Waals surface area contributed by atoms with Crippen molar-refractivity contribution in [2.24, 2.45) is 0 Å². The van der Waals surface area contributed by atoms with Gasteiger partial charge in [-0.05, 0) is 17.0 Å². The number of rotatable bonds is 0. The van der Waals surface area contributed by atoms with Crippen LogP contribution in [0.15, 0.2) is 42.5 Å². The van der Waals surface area contributed by atoms with Gasteiger partial charge in [0.05, 0.1) is 5.30 Å². The molecule has 1 heterocycles. The van der Waals surface area contributed by atoms with Crippen LogP contribution in [0, 0.1) is 0 Å². The van der Waals surface area contributed by atoms with E-state index in [0.29, 0.717) is 11.1 Å². The van der Waals surface area contributed by atoms with Gasteiger partial charge < -0.3 is 9.42 Å². The topological polar surface area (TPSA) is 46.5 Å². The van der Waals surface area contributed by atoms with Crippen molar-refractivity contribution in [3.8, 4) is 16.9 Å². The van der Waals surface area contributed by atoms with Crippen molar-refractivity contribution in [2.75, 3.05) is 0 Å². The summed E-state index contributed by atoms with van der Waals surface area (Å²) in [7, 11) is -3.84. The van der Waals surface area contributed by atoms with Gasteiger partial charge in [-0.2, -0.15) is 0 Å². The number of benzene rings is 2. The summed E-state index contributed by atoms with van der Waals surface area (Å²) < 4.78 is 18.0. The van der Waals surface area contributed by atoms with E-state index in [4.69, 9.17) is 4.52 Å². The van der Waals surface area contributed by atoms with Gasteiger partial charge in [0.25, 0.3) is 0 Å². The Morgan fingerprint density at radius 2 is 1.65 bits per heavy atom. The number of hydrogen-bond acceptors (Lipinski definition) is 2. The predicted octanol–water partition coefficient (Wildman–Crippen LogP) is 3.85. The number of para-hydroxylation sites is 1. The minimum Gasteiger partial charge on any atom is -0.421 e. The van der Waals surface area contributed by atoms with Crippen molar-refractivity contribution in [3.63, 3.8) is 0 Å². The van der Waals surface area contributed by atoms with E-state index in [9.17, 15) is 9.46 Å². The molecule has 104 valence electrons.